The highest BCUT2D eigenvalue weighted by atomic mass is 14.9. The number of hydrogen-bond donors (Lipinski definition) is 2. The number of likely N-dealkylation sites (N-methyl/N-ethyl adjacent to an activating group) is 1. The van der Waals surface area contributed by atoms with Crippen molar-refractivity contribution in [2.24, 2.45) is 5.92 Å². The lowest BCUT2D eigenvalue weighted by atomic mass is 10.1. The number of hydrogen-bond acceptors (Lipinski definition) is 2. The zero-order chi connectivity index (χ0) is 11.3. The van der Waals surface area contributed by atoms with Crippen LogP contribution in [0.1, 0.15) is 44.6 Å². The maximum Gasteiger partial charge on any atom is 0.110 e. The first-order valence-corrected chi connectivity index (χ1v) is 5.85. The van der Waals surface area contributed by atoms with Crippen molar-refractivity contribution in [1.82, 2.24) is 15.3 Å². The molecule has 0 saturated carbocycles. The first kappa shape index (κ1) is 12.2. The highest BCUT2D eigenvalue weighted by Crippen LogP contribution is 2.16. The summed E-state index contributed by atoms with van der Waals surface area (Å²) in [5.74, 6) is 2.32. The number of aromatic amines is 1. The molecule has 0 bridgehead atoms. The van der Waals surface area contributed by atoms with Crippen LogP contribution in [0.3, 0.4) is 0 Å². The van der Waals surface area contributed by atoms with Crippen molar-refractivity contribution >= 4 is 0 Å². The SMILES string of the molecule is CCC(CNC)c1ncc(CC(C)C)[nH]1. The summed E-state index contributed by atoms with van der Waals surface area (Å²) < 4.78 is 0. The van der Waals surface area contributed by atoms with Gasteiger partial charge in [0.15, 0.2) is 0 Å². The fourth-order valence-electron chi connectivity index (χ4n) is 1.81. The largest absolute Gasteiger partial charge is 0.346 e. The smallest absolute Gasteiger partial charge is 0.110 e. The van der Waals surface area contributed by atoms with E-state index in [2.05, 4.69) is 36.1 Å². The molecule has 2 N–H and O–H groups in total. The van der Waals surface area contributed by atoms with Crippen molar-refractivity contribution in [3.05, 3.63) is 17.7 Å². The zero-order valence-electron chi connectivity index (χ0n) is 10.3. The van der Waals surface area contributed by atoms with Gasteiger partial charge >= 0.3 is 0 Å². The quantitative estimate of drug-likeness (QED) is 0.755. The Kier molecular flexibility index (Phi) is 4.82. The Morgan fingerprint density at radius 3 is 2.73 bits per heavy atom. The molecule has 1 aromatic rings. The number of imidazole rings is 1. The molecule has 1 aromatic heterocycles. The summed E-state index contributed by atoms with van der Waals surface area (Å²) in [6.45, 7) is 7.65. The van der Waals surface area contributed by atoms with Crippen LogP contribution in [0.25, 0.3) is 0 Å². The zero-order valence-corrected chi connectivity index (χ0v) is 10.3. The molecule has 0 spiro atoms. The fraction of sp³-hybridized carbons (Fsp3) is 0.750. The second kappa shape index (κ2) is 5.91. The normalized spacial score (nSPS) is 13.4. The second-order valence-electron chi connectivity index (χ2n) is 4.55. The van der Waals surface area contributed by atoms with Crippen LogP contribution >= 0.6 is 0 Å². The topological polar surface area (TPSA) is 40.7 Å². The average Bonchev–Trinajstić information content (AvgIpc) is 2.61. The van der Waals surface area contributed by atoms with Crippen molar-refractivity contribution in [2.45, 2.75) is 39.5 Å². The van der Waals surface area contributed by atoms with Crippen LogP contribution in [-0.4, -0.2) is 23.6 Å². The number of rotatable bonds is 6. The molecule has 3 nitrogen and oxygen atoms in total. The first-order chi connectivity index (χ1) is 7.17. The van der Waals surface area contributed by atoms with Crippen molar-refractivity contribution in [1.29, 1.82) is 0 Å². The minimum atomic E-state index is 0.510. The Morgan fingerprint density at radius 1 is 1.47 bits per heavy atom. The molecule has 0 aliphatic carbocycles. The summed E-state index contributed by atoms with van der Waals surface area (Å²) in [4.78, 5) is 7.89. The number of aromatic nitrogens is 2. The third-order valence-electron chi connectivity index (χ3n) is 2.61. The van der Waals surface area contributed by atoms with Crippen molar-refractivity contribution in [2.75, 3.05) is 13.6 Å². The maximum absolute atomic E-state index is 4.46. The molecule has 3 heteroatoms. The molecular weight excluding hydrogens is 186 g/mol. The van der Waals surface area contributed by atoms with Crippen molar-refractivity contribution in [3.63, 3.8) is 0 Å². The van der Waals surface area contributed by atoms with E-state index in [0.29, 0.717) is 11.8 Å². The minimum absolute atomic E-state index is 0.510. The summed E-state index contributed by atoms with van der Waals surface area (Å²) in [6, 6.07) is 0. The Labute approximate surface area is 92.7 Å². The van der Waals surface area contributed by atoms with Gasteiger partial charge < -0.3 is 10.3 Å². The van der Waals surface area contributed by atoms with E-state index >= 15 is 0 Å². The van der Waals surface area contributed by atoms with Gasteiger partial charge in [-0.15, -0.1) is 0 Å². The Bertz CT molecular complexity index is 278. The number of nitrogens with zero attached hydrogens (tertiary/aromatic N) is 1. The molecule has 86 valence electrons. The predicted molar refractivity (Wildman–Crippen MR) is 64.1 cm³/mol. The highest BCUT2D eigenvalue weighted by Gasteiger charge is 2.12. The van der Waals surface area contributed by atoms with Gasteiger partial charge in [0.05, 0.1) is 0 Å². The van der Waals surface area contributed by atoms with Gasteiger partial charge in [0.2, 0.25) is 0 Å². The molecule has 0 fully saturated rings. The summed E-state index contributed by atoms with van der Waals surface area (Å²) >= 11 is 0. The van der Waals surface area contributed by atoms with Crippen LogP contribution in [0.5, 0.6) is 0 Å². The highest BCUT2D eigenvalue weighted by molar-refractivity contribution is 5.06. The van der Waals surface area contributed by atoms with Crippen molar-refractivity contribution in [3.8, 4) is 0 Å². The van der Waals surface area contributed by atoms with Gasteiger partial charge in [-0.05, 0) is 25.8 Å². The van der Waals surface area contributed by atoms with Gasteiger partial charge in [0.25, 0.3) is 0 Å². The van der Waals surface area contributed by atoms with Crippen LogP contribution in [-0.2, 0) is 6.42 Å². The Morgan fingerprint density at radius 2 is 2.20 bits per heavy atom. The molecule has 1 unspecified atom stereocenters. The summed E-state index contributed by atoms with van der Waals surface area (Å²) in [5, 5.41) is 3.21. The summed E-state index contributed by atoms with van der Waals surface area (Å²) in [7, 11) is 1.99. The van der Waals surface area contributed by atoms with E-state index in [0.717, 1.165) is 25.2 Å². The molecule has 0 aliphatic rings. The maximum atomic E-state index is 4.46. The summed E-state index contributed by atoms with van der Waals surface area (Å²) in [6.07, 6.45) is 4.19. The Balaban J connectivity index is 2.64. The minimum Gasteiger partial charge on any atom is -0.346 e. The standard InChI is InChI=1S/C12H23N3/c1-5-10(7-13-4)12-14-8-11(15-12)6-9(2)3/h8-10,13H,5-7H2,1-4H3,(H,14,15). The van der Waals surface area contributed by atoms with Gasteiger partial charge in [-0.1, -0.05) is 20.8 Å². The van der Waals surface area contributed by atoms with E-state index in [9.17, 15) is 0 Å². The number of H-pyrrole nitrogens is 1. The third-order valence-corrected chi connectivity index (χ3v) is 2.61. The lowest BCUT2D eigenvalue weighted by molar-refractivity contribution is 0.581. The molecule has 0 aliphatic heterocycles. The summed E-state index contributed by atoms with van der Waals surface area (Å²) in [5.41, 5.74) is 1.26. The molecular formula is C12H23N3. The molecule has 15 heavy (non-hydrogen) atoms. The second-order valence-corrected chi connectivity index (χ2v) is 4.55. The monoisotopic (exact) mass is 209 g/mol. The lowest BCUT2D eigenvalue weighted by Crippen LogP contribution is -2.17. The lowest BCUT2D eigenvalue weighted by Gasteiger charge is -2.10. The van der Waals surface area contributed by atoms with Crippen LogP contribution in [0, 0.1) is 5.92 Å². The van der Waals surface area contributed by atoms with Gasteiger partial charge in [-0.2, -0.15) is 0 Å². The molecule has 0 saturated heterocycles. The molecule has 1 heterocycles. The van der Waals surface area contributed by atoms with E-state index in [1.807, 2.05) is 13.2 Å². The van der Waals surface area contributed by atoms with Crippen LogP contribution < -0.4 is 5.32 Å². The van der Waals surface area contributed by atoms with Crippen LogP contribution in [0.2, 0.25) is 0 Å². The van der Waals surface area contributed by atoms with Crippen LogP contribution in [0.15, 0.2) is 6.20 Å². The average molecular weight is 209 g/mol. The van der Waals surface area contributed by atoms with E-state index in [1.165, 1.54) is 5.69 Å². The van der Waals surface area contributed by atoms with E-state index < -0.39 is 0 Å². The molecule has 1 rings (SSSR count). The van der Waals surface area contributed by atoms with E-state index in [4.69, 9.17) is 0 Å². The van der Waals surface area contributed by atoms with Gasteiger partial charge in [0, 0.05) is 24.4 Å². The number of nitrogens with one attached hydrogen (secondary N) is 2. The van der Waals surface area contributed by atoms with E-state index in [-0.39, 0.29) is 0 Å². The van der Waals surface area contributed by atoms with Gasteiger partial charge in [-0.3, -0.25) is 0 Å². The molecule has 0 amide bonds. The van der Waals surface area contributed by atoms with Crippen molar-refractivity contribution < 1.29 is 0 Å². The van der Waals surface area contributed by atoms with E-state index in [1.54, 1.807) is 0 Å². The first-order valence-electron chi connectivity index (χ1n) is 5.85. The van der Waals surface area contributed by atoms with Gasteiger partial charge in [0.1, 0.15) is 5.82 Å². The molecule has 0 aromatic carbocycles. The van der Waals surface area contributed by atoms with Gasteiger partial charge in [-0.25, -0.2) is 4.98 Å². The predicted octanol–water partition coefficient (Wildman–Crippen LogP) is 2.32. The molecule has 1 atom stereocenters. The Hall–Kier alpha value is -0.830. The third kappa shape index (κ3) is 3.67. The molecule has 0 radical (unpaired) electrons. The van der Waals surface area contributed by atoms with Crippen LogP contribution in [0.4, 0.5) is 0 Å². The fourth-order valence-corrected chi connectivity index (χ4v) is 1.81.